The molecule has 1 aromatic heterocycles. The van der Waals surface area contributed by atoms with E-state index < -0.39 is 5.60 Å². The second-order valence-electron chi connectivity index (χ2n) is 8.33. The van der Waals surface area contributed by atoms with Gasteiger partial charge in [0, 0.05) is 18.7 Å². The lowest BCUT2D eigenvalue weighted by Gasteiger charge is -2.25. The molecule has 1 atom stereocenters. The normalized spacial score (nSPS) is 16.1. The number of para-hydroxylation sites is 2. The largest absolute Gasteiger partial charge is 0.492 e. The van der Waals surface area contributed by atoms with Crippen LogP contribution in [0.4, 0.5) is 0 Å². The Labute approximate surface area is 191 Å². The monoisotopic (exact) mass is 446 g/mol. The van der Waals surface area contributed by atoms with E-state index in [1.54, 1.807) is 18.3 Å². The van der Waals surface area contributed by atoms with Gasteiger partial charge in [0.25, 0.3) is 0 Å². The van der Waals surface area contributed by atoms with Gasteiger partial charge in [0.05, 0.1) is 16.8 Å². The van der Waals surface area contributed by atoms with Gasteiger partial charge in [-0.05, 0) is 48.9 Å². The van der Waals surface area contributed by atoms with Crippen LogP contribution >= 0.6 is 11.3 Å². The molecule has 32 heavy (non-hydrogen) atoms. The Hall–Kier alpha value is -2.93. The zero-order valence-corrected chi connectivity index (χ0v) is 18.8. The zero-order valence-electron chi connectivity index (χ0n) is 18.0. The zero-order chi connectivity index (χ0) is 22.0. The molecule has 3 aromatic carbocycles. The van der Waals surface area contributed by atoms with Crippen molar-refractivity contribution in [2.45, 2.75) is 25.6 Å². The highest BCUT2D eigenvalue weighted by Gasteiger charge is 2.27. The molecule has 6 heteroatoms. The van der Waals surface area contributed by atoms with Crippen molar-refractivity contribution in [1.29, 1.82) is 0 Å². The smallest absolute Gasteiger partial charge is 0.123 e. The molecule has 0 amide bonds. The molecule has 164 valence electrons. The molecule has 5 rings (SSSR count). The van der Waals surface area contributed by atoms with Gasteiger partial charge in [-0.3, -0.25) is 4.90 Å². The summed E-state index contributed by atoms with van der Waals surface area (Å²) < 4.78 is 13.0. The maximum Gasteiger partial charge on any atom is 0.123 e. The van der Waals surface area contributed by atoms with Crippen molar-refractivity contribution in [2.75, 3.05) is 19.8 Å². The number of aliphatic hydroxyl groups is 1. The van der Waals surface area contributed by atoms with Crippen LogP contribution in [0, 0.1) is 0 Å². The Morgan fingerprint density at radius 3 is 2.75 bits per heavy atom. The van der Waals surface area contributed by atoms with Gasteiger partial charge in [0.1, 0.15) is 35.3 Å². The fourth-order valence-electron chi connectivity index (χ4n) is 3.92. The lowest BCUT2D eigenvalue weighted by Crippen LogP contribution is -2.30. The molecule has 1 unspecified atom stereocenters. The van der Waals surface area contributed by atoms with E-state index in [1.807, 2.05) is 54.6 Å². The minimum Gasteiger partial charge on any atom is -0.492 e. The van der Waals surface area contributed by atoms with Crippen LogP contribution in [-0.2, 0) is 18.7 Å². The summed E-state index contributed by atoms with van der Waals surface area (Å²) in [6.45, 7) is 4.94. The number of fused-ring (bicyclic) bond motifs is 2. The molecule has 1 aliphatic heterocycles. The van der Waals surface area contributed by atoms with Gasteiger partial charge in [-0.15, -0.1) is 11.3 Å². The van der Waals surface area contributed by atoms with Crippen LogP contribution in [0.5, 0.6) is 11.5 Å². The molecule has 1 aliphatic rings. The van der Waals surface area contributed by atoms with Gasteiger partial charge in [-0.1, -0.05) is 36.4 Å². The first kappa shape index (κ1) is 20.9. The van der Waals surface area contributed by atoms with Gasteiger partial charge >= 0.3 is 0 Å². The van der Waals surface area contributed by atoms with E-state index >= 15 is 0 Å². The number of thiazole rings is 1. The first-order chi connectivity index (χ1) is 15.6. The summed E-state index contributed by atoms with van der Waals surface area (Å²) in [6, 6.07) is 23.7. The van der Waals surface area contributed by atoms with Crippen LogP contribution < -0.4 is 9.47 Å². The van der Waals surface area contributed by atoms with Crippen molar-refractivity contribution in [3.05, 3.63) is 88.9 Å². The fourth-order valence-corrected chi connectivity index (χ4v) is 4.93. The highest BCUT2D eigenvalue weighted by atomic mass is 32.1. The molecule has 0 saturated carbocycles. The highest BCUT2D eigenvalue weighted by molar-refractivity contribution is 7.18. The topological polar surface area (TPSA) is 54.8 Å². The summed E-state index contributed by atoms with van der Waals surface area (Å²) >= 11 is 1.74. The molecule has 0 saturated heterocycles. The molecule has 0 aliphatic carbocycles. The number of nitrogens with zero attached hydrogens (tertiary/aromatic N) is 2. The highest BCUT2D eigenvalue weighted by Crippen LogP contribution is 2.31. The van der Waals surface area contributed by atoms with Crippen molar-refractivity contribution in [2.24, 2.45) is 0 Å². The number of hydrogen-bond donors (Lipinski definition) is 1. The summed E-state index contributed by atoms with van der Waals surface area (Å²) in [5.41, 5.74) is 1.82. The summed E-state index contributed by atoms with van der Waals surface area (Å²) in [6.07, 6.45) is 0. The Kier molecular flexibility index (Phi) is 5.83. The van der Waals surface area contributed by atoms with Crippen LogP contribution in [0.2, 0.25) is 0 Å². The van der Waals surface area contributed by atoms with Gasteiger partial charge in [-0.2, -0.15) is 0 Å². The Bertz CT molecular complexity index is 1170. The molecule has 0 bridgehead atoms. The number of hydrogen-bond acceptors (Lipinski definition) is 6. The quantitative estimate of drug-likeness (QED) is 0.453. The van der Waals surface area contributed by atoms with Gasteiger partial charge in [-0.25, -0.2) is 4.98 Å². The molecule has 1 N–H and O–H groups in total. The van der Waals surface area contributed by atoms with E-state index in [0.717, 1.165) is 52.8 Å². The third-order valence-electron chi connectivity index (χ3n) is 5.70. The van der Waals surface area contributed by atoms with Gasteiger partial charge in [0.15, 0.2) is 0 Å². The fraction of sp³-hybridized carbons (Fsp3) is 0.269. The van der Waals surface area contributed by atoms with Crippen LogP contribution in [0.3, 0.4) is 0 Å². The molecular formula is C26H26N2O3S. The maximum atomic E-state index is 11.1. The summed E-state index contributed by atoms with van der Waals surface area (Å²) in [5, 5.41) is 12.2. The predicted octanol–water partition coefficient (Wildman–Crippen LogP) is 4.98. The third kappa shape index (κ3) is 4.63. The van der Waals surface area contributed by atoms with E-state index in [2.05, 4.69) is 23.1 Å². The second kappa shape index (κ2) is 8.90. The Balaban J connectivity index is 1.32. The Morgan fingerprint density at radius 2 is 1.91 bits per heavy atom. The minimum absolute atomic E-state index is 0.173. The van der Waals surface area contributed by atoms with E-state index in [4.69, 9.17) is 14.5 Å². The number of aromatic nitrogens is 1. The number of benzene rings is 3. The maximum absolute atomic E-state index is 11.1. The van der Waals surface area contributed by atoms with E-state index in [1.165, 1.54) is 4.70 Å². The molecular weight excluding hydrogens is 420 g/mol. The van der Waals surface area contributed by atoms with Crippen molar-refractivity contribution in [3.63, 3.8) is 0 Å². The second-order valence-corrected chi connectivity index (χ2v) is 9.45. The summed E-state index contributed by atoms with van der Waals surface area (Å²) in [4.78, 5) is 7.13. The van der Waals surface area contributed by atoms with Crippen LogP contribution in [0.25, 0.3) is 10.2 Å². The standard InChI is InChI=1S/C26H26N2O3S/c1-26(29,18-31-21-7-3-2-4-8-21)20-11-12-23-19(15-20)16-28(13-14-30-23)17-25-27-22-9-5-6-10-24(22)32-25/h2-12,15,29H,13-14,16-18H2,1H3. The van der Waals surface area contributed by atoms with Crippen molar-refractivity contribution < 1.29 is 14.6 Å². The molecule has 0 spiro atoms. The molecule has 2 heterocycles. The van der Waals surface area contributed by atoms with E-state index in [-0.39, 0.29) is 6.61 Å². The predicted molar refractivity (Wildman–Crippen MR) is 127 cm³/mol. The van der Waals surface area contributed by atoms with Crippen molar-refractivity contribution in [3.8, 4) is 11.5 Å². The summed E-state index contributed by atoms with van der Waals surface area (Å²) in [7, 11) is 0. The van der Waals surface area contributed by atoms with Gasteiger partial charge < -0.3 is 14.6 Å². The molecule has 0 fully saturated rings. The minimum atomic E-state index is -1.12. The molecule has 5 nitrogen and oxygen atoms in total. The SMILES string of the molecule is CC(O)(COc1ccccc1)c1ccc2c(c1)CN(Cc1nc3ccccc3s1)CCO2. The number of rotatable bonds is 6. The van der Waals surface area contributed by atoms with Crippen LogP contribution in [0.15, 0.2) is 72.8 Å². The first-order valence-corrected chi connectivity index (χ1v) is 11.6. The molecule has 0 radical (unpaired) electrons. The third-order valence-corrected chi connectivity index (χ3v) is 6.72. The van der Waals surface area contributed by atoms with Crippen LogP contribution in [0.1, 0.15) is 23.1 Å². The molecule has 4 aromatic rings. The van der Waals surface area contributed by atoms with E-state index in [0.29, 0.717) is 6.61 Å². The average molecular weight is 447 g/mol. The number of ether oxygens (including phenoxy) is 2. The Morgan fingerprint density at radius 1 is 1.09 bits per heavy atom. The van der Waals surface area contributed by atoms with Crippen molar-refractivity contribution in [1.82, 2.24) is 9.88 Å². The summed E-state index contributed by atoms with van der Waals surface area (Å²) in [5.74, 6) is 1.62. The van der Waals surface area contributed by atoms with E-state index in [9.17, 15) is 5.11 Å². The van der Waals surface area contributed by atoms with Crippen LogP contribution in [-0.4, -0.2) is 34.7 Å². The first-order valence-electron chi connectivity index (χ1n) is 10.8. The van der Waals surface area contributed by atoms with Gasteiger partial charge in [0.2, 0.25) is 0 Å². The van der Waals surface area contributed by atoms with Crippen molar-refractivity contribution >= 4 is 21.6 Å². The lowest BCUT2D eigenvalue weighted by molar-refractivity contribution is 0.00748. The lowest BCUT2D eigenvalue weighted by atomic mass is 9.94. The average Bonchev–Trinajstić information content (AvgIpc) is 3.10.